The second kappa shape index (κ2) is 8.12. The molecule has 0 aliphatic carbocycles. The zero-order chi connectivity index (χ0) is 20.4. The number of carbonyl (C=O) groups excluding carboxylic acids is 3. The van der Waals surface area contributed by atoms with Gasteiger partial charge >= 0.3 is 6.03 Å². The molecule has 3 heterocycles. The van der Waals surface area contributed by atoms with E-state index in [9.17, 15) is 14.4 Å². The van der Waals surface area contributed by atoms with Crippen molar-refractivity contribution in [1.82, 2.24) is 20.1 Å². The van der Waals surface area contributed by atoms with Crippen molar-refractivity contribution >= 4 is 44.7 Å². The van der Waals surface area contributed by atoms with Gasteiger partial charge in [0.1, 0.15) is 11.8 Å². The molecule has 0 bridgehead atoms. The van der Waals surface area contributed by atoms with E-state index in [-0.39, 0.29) is 18.9 Å². The lowest BCUT2D eigenvalue weighted by molar-refractivity contribution is -0.131. The van der Waals surface area contributed by atoms with Crippen molar-refractivity contribution in [3.63, 3.8) is 0 Å². The van der Waals surface area contributed by atoms with Crippen molar-refractivity contribution in [2.45, 2.75) is 25.6 Å². The van der Waals surface area contributed by atoms with Gasteiger partial charge in [-0.3, -0.25) is 14.5 Å². The van der Waals surface area contributed by atoms with Gasteiger partial charge in [0.25, 0.3) is 5.91 Å². The lowest BCUT2D eigenvalue weighted by Gasteiger charge is -2.12. The minimum absolute atomic E-state index is 0.0482. The largest absolute Gasteiger partial charge is 0.467 e. The average Bonchev–Trinajstić information content (AvgIpc) is 3.39. The van der Waals surface area contributed by atoms with E-state index < -0.39 is 18.0 Å². The zero-order valence-electron chi connectivity index (χ0n) is 15.4. The monoisotopic (exact) mass is 458 g/mol. The molecular weight excluding hydrogens is 440 g/mol. The van der Waals surface area contributed by atoms with E-state index in [1.165, 1.54) is 6.26 Å². The molecule has 0 radical (unpaired) electrons. The molecule has 1 aliphatic heterocycles. The third-order valence-electron chi connectivity index (χ3n) is 4.80. The van der Waals surface area contributed by atoms with Crippen LogP contribution in [-0.2, 0) is 22.7 Å². The van der Waals surface area contributed by atoms with Crippen molar-refractivity contribution in [3.8, 4) is 0 Å². The summed E-state index contributed by atoms with van der Waals surface area (Å²) in [4.78, 5) is 37.8. The number of amides is 4. The molecule has 4 amide bonds. The number of fused-ring (bicyclic) bond motifs is 1. The smallest absolute Gasteiger partial charge is 0.325 e. The number of hydrogen-bond donors (Lipinski definition) is 2. The number of nitrogens with one attached hydrogen (secondary N) is 2. The number of carbonyl (C=O) groups is 3. The number of rotatable bonds is 7. The van der Waals surface area contributed by atoms with Crippen LogP contribution in [-0.4, -0.2) is 39.9 Å². The average molecular weight is 459 g/mol. The molecule has 9 heteroatoms. The number of hydrogen-bond acceptors (Lipinski definition) is 4. The molecule has 0 saturated carbocycles. The minimum atomic E-state index is -0.859. The Kier molecular flexibility index (Phi) is 5.39. The zero-order valence-corrected chi connectivity index (χ0v) is 17.0. The number of furan rings is 1. The maximum Gasteiger partial charge on any atom is 0.325 e. The maximum absolute atomic E-state index is 12.4. The number of benzene rings is 1. The number of aromatic nitrogens is 1. The number of nitrogens with zero attached hydrogens (tertiary/aromatic N) is 2. The molecule has 29 heavy (non-hydrogen) atoms. The fourth-order valence-corrected chi connectivity index (χ4v) is 3.74. The predicted octanol–water partition coefficient (Wildman–Crippen LogP) is 2.62. The van der Waals surface area contributed by atoms with Crippen molar-refractivity contribution in [1.29, 1.82) is 0 Å². The van der Waals surface area contributed by atoms with Gasteiger partial charge in [0.2, 0.25) is 5.91 Å². The van der Waals surface area contributed by atoms with Crippen LogP contribution in [0.25, 0.3) is 10.9 Å². The highest BCUT2D eigenvalue weighted by Gasteiger charge is 2.39. The highest BCUT2D eigenvalue weighted by molar-refractivity contribution is 9.10. The Hall–Kier alpha value is -3.07. The molecule has 1 aromatic carbocycles. The highest BCUT2D eigenvalue weighted by Crippen LogP contribution is 2.20. The van der Waals surface area contributed by atoms with Gasteiger partial charge in [-0.15, -0.1) is 0 Å². The first-order chi connectivity index (χ1) is 14.0. The molecule has 1 saturated heterocycles. The maximum atomic E-state index is 12.4. The fraction of sp³-hybridized carbons (Fsp3) is 0.250. The Labute approximate surface area is 175 Å². The van der Waals surface area contributed by atoms with Crippen molar-refractivity contribution in [2.24, 2.45) is 0 Å². The molecule has 150 valence electrons. The number of imide groups is 1. The lowest BCUT2D eigenvalue weighted by atomic mass is 10.2. The van der Waals surface area contributed by atoms with Gasteiger partial charge in [-0.05, 0) is 36.4 Å². The van der Waals surface area contributed by atoms with Crippen molar-refractivity contribution in [2.75, 3.05) is 6.54 Å². The van der Waals surface area contributed by atoms with Gasteiger partial charge in [0.05, 0.1) is 19.2 Å². The van der Waals surface area contributed by atoms with Crippen molar-refractivity contribution in [3.05, 3.63) is 59.1 Å². The molecule has 2 N–H and O–H groups in total. The van der Waals surface area contributed by atoms with Crippen molar-refractivity contribution < 1.29 is 18.8 Å². The van der Waals surface area contributed by atoms with Crippen LogP contribution < -0.4 is 10.6 Å². The van der Waals surface area contributed by atoms with Gasteiger partial charge < -0.3 is 19.6 Å². The molecule has 2 aromatic heterocycles. The first-order valence-corrected chi connectivity index (χ1v) is 9.96. The van der Waals surface area contributed by atoms with Gasteiger partial charge in [0.15, 0.2) is 0 Å². The Bertz CT molecular complexity index is 1060. The quantitative estimate of drug-likeness (QED) is 0.531. The molecule has 1 aliphatic rings. The summed E-state index contributed by atoms with van der Waals surface area (Å²) in [5.74, 6) is -0.212. The SMILES string of the molecule is O=C(C[C@@H]1NC(=O)N(Cc2ccco2)C1=O)NCCn1ccc2cc(Br)ccc21. The summed E-state index contributed by atoms with van der Waals surface area (Å²) >= 11 is 3.45. The van der Waals surface area contributed by atoms with E-state index in [2.05, 4.69) is 31.1 Å². The first-order valence-electron chi connectivity index (χ1n) is 9.16. The van der Waals surface area contributed by atoms with Crippen LogP contribution in [0.5, 0.6) is 0 Å². The molecule has 0 spiro atoms. The second-order valence-corrected chi connectivity index (χ2v) is 7.69. The molecule has 4 rings (SSSR count). The van der Waals surface area contributed by atoms with Crippen LogP contribution in [0.1, 0.15) is 12.2 Å². The number of urea groups is 1. The van der Waals surface area contributed by atoms with Gasteiger partial charge in [-0.1, -0.05) is 15.9 Å². The minimum Gasteiger partial charge on any atom is -0.467 e. The van der Waals surface area contributed by atoms with E-state index in [0.29, 0.717) is 18.8 Å². The summed E-state index contributed by atoms with van der Waals surface area (Å²) in [5.41, 5.74) is 1.08. The molecule has 3 aromatic rings. The molecule has 1 fully saturated rings. The number of halogens is 1. The summed E-state index contributed by atoms with van der Waals surface area (Å²) < 4.78 is 8.24. The Morgan fingerprint density at radius 1 is 1.24 bits per heavy atom. The van der Waals surface area contributed by atoms with E-state index in [1.807, 2.05) is 30.5 Å². The van der Waals surface area contributed by atoms with Crippen LogP contribution in [0.4, 0.5) is 4.79 Å². The standard InChI is InChI=1S/C20H19BrN4O4/c21-14-3-4-17-13(10-14)5-7-24(17)8-6-22-18(26)11-16-19(27)25(20(28)23-16)12-15-2-1-9-29-15/h1-5,7,9-10,16H,6,8,11-12H2,(H,22,26)(H,23,28)/t16-/m0/s1. The molecular formula is C20H19BrN4O4. The third kappa shape index (κ3) is 4.19. The van der Waals surface area contributed by atoms with E-state index in [0.717, 1.165) is 20.3 Å². The summed E-state index contributed by atoms with van der Waals surface area (Å²) in [6, 6.07) is 10.0. The summed E-state index contributed by atoms with van der Waals surface area (Å²) in [6.45, 7) is 1.07. The molecule has 1 atom stereocenters. The summed E-state index contributed by atoms with van der Waals surface area (Å²) in [5, 5.41) is 6.48. The second-order valence-electron chi connectivity index (χ2n) is 6.77. The predicted molar refractivity (Wildman–Crippen MR) is 109 cm³/mol. The van der Waals surface area contributed by atoms with Crippen LogP contribution >= 0.6 is 15.9 Å². The fourth-order valence-electron chi connectivity index (χ4n) is 3.36. The van der Waals surface area contributed by atoms with E-state index in [1.54, 1.807) is 12.1 Å². The Morgan fingerprint density at radius 2 is 2.10 bits per heavy atom. The first kappa shape index (κ1) is 19.3. The van der Waals surface area contributed by atoms with E-state index in [4.69, 9.17) is 4.42 Å². The molecule has 0 unspecified atom stereocenters. The topological polar surface area (TPSA) is 96.6 Å². The van der Waals surface area contributed by atoms with Gasteiger partial charge in [-0.2, -0.15) is 0 Å². The van der Waals surface area contributed by atoms with E-state index >= 15 is 0 Å². The van der Waals surface area contributed by atoms with Gasteiger partial charge in [0, 0.05) is 34.7 Å². The summed E-state index contributed by atoms with van der Waals surface area (Å²) in [6.07, 6.45) is 3.35. The van der Waals surface area contributed by atoms with Crippen LogP contribution in [0.15, 0.2) is 57.7 Å². The lowest BCUT2D eigenvalue weighted by Crippen LogP contribution is -2.37. The Morgan fingerprint density at radius 3 is 2.90 bits per heavy atom. The van der Waals surface area contributed by atoms with Crippen LogP contribution in [0, 0.1) is 0 Å². The third-order valence-corrected chi connectivity index (χ3v) is 5.29. The molecule has 8 nitrogen and oxygen atoms in total. The highest BCUT2D eigenvalue weighted by atomic mass is 79.9. The summed E-state index contributed by atoms with van der Waals surface area (Å²) in [7, 11) is 0. The normalized spacial score (nSPS) is 16.4. The van der Waals surface area contributed by atoms with Crippen LogP contribution in [0.3, 0.4) is 0 Å². The van der Waals surface area contributed by atoms with Crippen LogP contribution in [0.2, 0.25) is 0 Å². The van der Waals surface area contributed by atoms with Gasteiger partial charge in [-0.25, -0.2) is 4.79 Å². The Balaban J connectivity index is 1.28.